The molecule has 1 heterocycles. The number of rotatable bonds is 9. The van der Waals surface area contributed by atoms with Crippen LogP contribution < -0.4 is 19.5 Å². The van der Waals surface area contributed by atoms with Crippen LogP contribution in [0.5, 0.6) is 17.2 Å². The Labute approximate surface area is 184 Å². The minimum Gasteiger partial charge on any atom is -0.493 e. The molecule has 1 amide bonds. The molecular formula is C22H21Cl2NO5. The number of carbonyl (C=O) groups excluding carboxylic acids is 1. The second-order valence-electron chi connectivity index (χ2n) is 6.32. The lowest BCUT2D eigenvalue weighted by Crippen LogP contribution is -2.25. The third-order valence-electron chi connectivity index (χ3n) is 4.30. The molecule has 0 aliphatic heterocycles. The van der Waals surface area contributed by atoms with Crippen molar-refractivity contribution in [1.82, 2.24) is 5.32 Å². The van der Waals surface area contributed by atoms with Gasteiger partial charge in [0.2, 0.25) is 0 Å². The smallest absolute Gasteiger partial charge is 0.287 e. The maximum absolute atomic E-state index is 12.3. The van der Waals surface area contributed by atoms with Gasteiger partial charge in [-0.15, -0.1) is 0 Å². The van der Waals surface area contributed by atoms with Gasteiger partial charge in [-0.3, -0.25) is 4.79 Å². The third kappa shape index (κ3) is 5.62. The quantitative estimate of drug-likeness (QED) is 0.488. The number of ether oxygens (including phenoxy) is 3. The second kappa shape index (κ2) is 10.3. The molecule has 2 aromatic carbocycles. The van der Waals surface area contributed by atoms with Crippen LogP contribution in [-0.2, 0) is 13.0 Å². The Morgan fingerprint density at radius 3 is 2.47 bits per heavy atom. The van der Waals surface area contributed by atoms with E-state index in [1.54, 1.807) is 44.6 Å². The van der Waals surface area contributed by atoms with Crippen LogP contribution in [0.15, 0.2) is 52.9 Å². The van der Waals surface area contributed by atoms with E-state index in [9.17, 15) is 4.79 Å². The number of amides is 1. The average Bonchev–Trinajstić information content (AvgIpc) is 3.22. The first-order valence-electron chi connectivity index (χ1n) is 9.16. The number of hydrogen-bond acceptors (Lipinski definition) is 5. The monoisotopic (exact) mass is 449 g/mol. The van der Waals surface area contributed by atoms with Gasteiger partial charge < -0.3 is 23.9 Å². The summed E-state index contributed by atoms with van der Waals surface area (Å²) in [5, 5.41) is 3.76. The van der Waals surface area contributed by atoms with Crippen LogP contribution in [0.1, 0.15) is 21.9 Å². The molecule has 0 radical (unpaired) electrons. The highest BCUT2D eigenvalue weighted by molar-refractivity contribution is 6.35. The molecule has 0 unspecified atom stereocenters. The van der Waals surface area contributed by atoms with Crippen LogP contribution in [0.3, 0.4) is 0 Å². The van der Waals surface area contributed by atoms with E-state index in [2.05, 4.69) is 5.32 Å². The first-order chi connectivity index (χ1) is 14.5. The summed E-state index contributed by atoms with van der Waals surface area (Å²) in [6.07, 6.45) is 0.637. The lowest BCUT2D eigenvalue weighted by molar-refractivity contribution is 0.0922. The predicted octanol–water partition coefficient (Wildman–Crippen LogP) is 5.16. The van der Waals surface area contributed by atoms with Crippen molar-refractivity contribution in [3.63, 3.8) is 0 Å². The fourth-order valence-electron chi connectivity index (χ4n) is 2.76. The third-order valence-corrected chi connectivity index (χ3v) is 4.83. The van der Waals surface area contributed by atoms with Gasteiger partial charge in [-0.1, -0.05) is 29.3 Å². The molecule has 0 aliphatic carbocycles. The molecule has 6 nitrogen and oxygen atoms in total. The number of nitrogens with one attached hydrogen (secondary N) is 1. The Hall–Kier alpha value is -2.83. The summed E-state index contributed by atoms with van der Waals surface area (Å²) in [4.78, 5) is 12.3. The fraction of sp³-hybridized carbons (Fsp3) is 0.227. The van der Waals surface area contributed by atoms with Gasteiger partial charge in [0.15, 0.2) is 17.3 Å². The molecular weight excluding hydrogens is 429 g/mol. The van der Waals surface area contributed by atoms with Crippen molar-refractivity contribution in [2.24, 2.45) is 0 Å². The number of hydrogen-bond donors (Lipinski definition) is 1. The van der Waals surface area contributed by atoms with Gasteiger partial charge in [0.05, 0.1) is 19.2 Å². The summed E-state index contributed by atoms with van der Waals surface area (Å²) in [7, 11) is 3.17. The van der Waals surface area contributed by atoms with E-state index >= 15 is 0 Å². The zero-order chi connectivity index (χ0) is 21.5. The number of furan rings is 1. The van der Waals surface area contributed by atoms with Gasteiger partial charge in [-0.25, -0.2) is 0 Å². The maximum atomic E-state index is 12.3. The van der Waals surface area contributed by atoms with Crippen LogP contribution in [0.2, 0.25) is 10.0 Å². The predicted molar refractivity (Wildman–Crippen MR) is 115 cm³/mol. The Bertz CT molecular complexity index is 1020. The molecule has 0 fully saturated rings. The van der Waals surface area contributed by atoms with Gasteiger partial charge in [0.1, 0.15) is 18.1 Å². The van der Waals surface area contributed by atoms with Crippen molar-refractivity contribution in [2.75, 3.05) is 20.8 Å². The molecule has 1 N–H and O–H groups in total. The number of halogens is 2. The maximum Gasteiger partial charge on any atom is 0.287 e. The van der Waals surface area contributed by atoms with Crippen LogP contribution in [0.4, 0.5) is 0 Å². The van der Waals surface area contributed by atoms with Gasteiger partial charge in [-0.05, 0) is 54.4 Å². The van der Waals surface area contributed by atoms with Crippen molar-refractivity contribution in [3.05, 3.63) is 75.7 Å². The van der Waals surface area contributed by atoms with Gasteiger partial charge in [0.25, 0.3) is 5.91 Å². The Balaban J connectivity index is 1.50. The second-order valence-corrected chi connectivity index (χ2v) is 7.17. The lowest BCUT2D eigenvalue weighted by atomic mass is 10.1. The summed E-state index contributed by atoms with van der Waals surface area (Å²) >= 11 is 11.9. The van der Waals surface area contributed by atoms with E-state index < -0.39 is 0 Å². The minimum absolute atomic E-state index is 0.139. The van der Waals surface area contributed by atoms with Crippen molar-refractivity contribution in [3.8, 4) is 17.2 Å². The summed E-state index contributed by atoms with van der Waals surface area (Å²) in [6, 6.07) is 13.9. The number of benzene rings is 2. The van der Waals surface area contributed by atoms with E-state index in [0.29, 0.717) is 46.0 Å². The molecule has 0 aliphatic rings. The van der Waals surface area contributed by atoms with Crippen LogP contribution in [0.25, 0.3) is 0 Å². The van der Waals surface area contributed by atoms with Crippen LogP contribution >= 0.6 is 23.2 Å². The number of carbonyl (C=O) groups is 1. The highest BCUT2D eigenvalue weighted by Gasteiger charge is 2.12. The van der Waals surface area contributed by atoms with Crippen molar-refractivity contribution < 1.29 is 23.4 Å². The molecule has 0 spiro atoms. The molecule has 3 rings (SSSR count). The lowest BCUT2D eigenvalue weighted by Gasteiger charge is -2.10. The normalized spacial score (nSPS) is 10.5. The zero-order valence-electron chi connectivity index (χ0n) is 16.5. The van der Waals surface area contributed by atoms with Gasteiger partial charge in [0, 0.05) is 11.6 Å². The van der Waals surface area contributed by atoms with E-state index in [1.807, 2.05) is 18.2 Å². The van der Waals surface area contributed by atoms with E-state index in [-0.39, 0.29) is 18.3 Å². The van der Waals surface area contributed by atoms with E-state index in [0.717, 1.165) is 5.56 Å². The Morgan fingerprint density at radius 2 is 1.73 bits per heavy atom. The van der Waals surface area contributed by atoms with Gasteiger partial charge >= 0.3 is 0 Å². The topological polar surface area (TPSA) is 69.9 Å². The number of methoxy groups -OCH3 is 2. The minimum atomic E-state index is -0.300. The molecule has 0 atom stereocenters. The molecule has 8 heteroatoms. The zero-order valence-corrected chi connectivity index (χ0v) is 18.0. The Kier molecular flexibility index (Phi) is 7.49. The standard InChI is InChI=1S/C22H21Cl2NO5/c1-27-19-6-3-14(11-21(19)28-2)9-10-25-22(26)20-8-5-16(30-20)13-29-18-7-4-15(23)12-17(18)24/h3-8,11-12H,9-10,13H2,1-2H3,(H,25,26). The molecule has 0 saturated carbocycles. The SMILES string of the molecule is COc1ccc(CCNC(=O)c2ccc(COc3ccc(Cl)cc3Cl)o2)cc1OC. The summed E-state index contributed by atoms with van der Waals surface area (Å²) in [5.74, 6) is 2.21. The van der Waals surface area contributed by atoms with Crippen molar-refractivity contribution in [2.45, 2.75) is 13.0 Å². The highest BCUT2D eigenvalue weighted by atomic mass is 35.5. The van der Waals surface area contributed by atoms with Crippen LogP contribution in [0, 0.1) is 0 Å². The molecule has 30 heavy (non-hydrogen) atoms. The van der Waals surface area contributed by atoms with E-state index in [1.165, 1.54) is 0 Å². The van der Waals surface area contributed by atoms with Crippen molar-refractivity contribution >= 4 is 29.1 Å². The summed E-state index contributed by atoms with van der Waals surface area (Å²) < 4.78 is 21.7. The van der Waals surface area contributed by atoms with E-state index in [4.69, 9.17) is 41.8 Å². The summed E-state index contributed by atoms with van der Waals surface area (Å²) in [5.41, 5.74) is 1.02. The van der Waals surface area contributed by atoms with Crippen molar-refractivity contribution in [1.29, 1.82) is 0 Å². The molecule has 1 aromatic heterocycles. The molecule has 3 aromatic rings. The molecule has 0 saturated heterocycles. The van der Waals surface area contributed by atoms with Crippen LogP contribution in [-0.4, -0.2) is 26.7 Å². The highest BCUT2D eigenvalue weighted by Crippen LogP contribution is 2.29. The Morgan fingerprint density at radius 1 is 0.967 bits per heavy atom. The van der Waals surface area contributed by atoms with Gasteiger partial charge in [-0.2, -0.15) is 0 Å². The molecule has 158 valence electrons. The first kappa shape index (κ1) is 21.9. The average molecular weight is 450 g/mol. The fourth-order valence-corrected chi connectivity index (χ4v) is 3.23. The largest absolute Gasteiger partial charge is 0.493 e. The first-order valence-corrected chi connectivity index (χ1v) is 9.91. The molecule has 0 bridgehead atoms. The summed E-state index contributed by atoms with van der Waals surface area (Å²) in [6.45, 7) is 0.585.